The number of fused-ring (bicyclic) bond motifs is 3. The fourth-order valence-corrected chi connectivity index (χ4v) is 3.92. The van der Waals surface area contributed by atoms with E-state index in [1.165, 1.54) is 16.3 Å². The summed E-state index contributed by atoms with van der Waals surface area (Å²) in [6, 6.07) is 12.0. The summed E-state index contributed by atoms with van der Waals surface area (Å²) in [7, 11) is 1.65. The highest BCUT2D eigenvalue weighted by molar-refractivity contribution is 7.99. The Kier molecular flexibility index (Phi) is 4.67. The number of halogens is 2. The van der Waals surface area contributed by atoms with Gasteiger partial charge < -0.3 is 0 Å². The van der Waals surface area contributed by atoms with Crippen LogP contribution < -0.4 is 5.56 Å². The summed E-state index contributed by atoms with van der Waals surface area (Å²) in [4.78, 5) is 24.9. The van der Waals surface area contributed by atoms with E-state index in [4.69, 9.17) is 23.2 Å². The average Bonchev–Trinajstić information content (AvgIpc) is 3.10. The van der Waals surface area contributed by atoms with E-state index in [0.29, 0.717) is 37.4 Å². The molecule has 4 rings (SSSR count). The lowest BCUT2D eigenvalue weighted by Crippen LogP contribution is -2.20. The predicted molar refractivity (Wildman–Crippen MR) is 107 cm³/mol. The van der Waals surface area contributed by atoms with Crippen molar-refractivity contribution in [2.75, 3.05) is 5.75 Å². The first-order valence-electron chi connectivity index (χ1n) is 7.91. The second-order valence-corrected chi connectivity index (χ2v) is 7.60. The molecule has 0 aliphatic rings. The smallest absolute Gasteiger partial charge is 0.262 e. The van der Waals surface area contributed by atoms with Crippen molar-refractivity contribution in [3.05, 3.63) is 68.4 Å². The Morgan fingerprint density at radius 2 is 1.89 bits per heavy atom. The molecule has 0 saturated carbocycles. The van der Waals surface area contributed by atoms with Gasteiger partial charge in [0.05, 0.1) is 26.7 Å². The lowest BCUT2D eigenvalue weighted by atomic mass is 10.1. The first kappa shape index (κ1) is 18.0. The lowest BCUT2D eigenvalue weighted by Gasteiger charge is -2.07. The zero-order valence-corrected chi connectivity index (χ0v) is 16.3. The van der Waals surface area contributed by atoms with Crippen LogP contribution in [-0.2, 0) is 7.05 Å². The number of hydrogen-bond acceptors (Lipinski definition) is 5. The average molecular weight is 419 g/mol. The van der Waals surface area contributed by atoms with Crippen molar-refractivity contribution in [3.8, 4) is 0 Å². The maximum absolute atomic E-state index is 12.5. The molecule has 0 unspecified atom stereocenters. The standard InChI is InChI=1S/C18H12Cl2N4O2S/c1-23-16(26)11-4-2-3-5-14(11)24-17(23)21-22-18(24)27-9-15(25)10-6-7-12(19)13(20)8-10/h2-8H,9H2,1H3. The van der Waals surface area contributed by atoms with Gasteiger partial charge in [0.2, 0.25) is 5.78 Å². The molecule has 2 heterocycles. The molecule has 0 atom stereocenters. The first-order chi connectivity index (χ1) is 13.0. The van der Waals surface area contributed by atoms with E-state index < -0.39 is 0 Å². The zero-order valence-electron chi connectivity index (χ0n) is 14.0. The minimum Gasteiger partial charge on any atom is -0.293 e. The number of aryl methyl sites for hydroxylation is 1. The Labute approximate surface area is 167 Å². The number of carbonyl (C=O) groups excluding carboxylic acids is 1. The van der Waals surface area contributed by atoms with Crippen LogP contribution in [0.3, 0.4) is 0 Å². The van der Waals surface area contributed by atoms with E-state index in [1.54, 1.807) is 41.8 Å². The number of benzene rings is 2. The first-order valence-corrected chi connectivity index (χ1v) is 9.65. The van der Waals surface area contributed by atoms with Crippen molar-refractivity contribution in [1.29, 1.82) is 0 Å². The van der Waals surface area contributed by atoms with Crippen LogP contribution in [0.2, 0.25) is 10.0 Å². The van der Waals surface area contributed by atoms with Crippen molar-refractivity contribution in [2.24, 2.45) is 7.05 Å². The Morgan fingerprint density at radius 1 is 1.11 bits per heavy atom. The molecule has 2 aromatic heterocycles. The quantitative estimate of drug-likeness (QED) is 0.371. The summed E-state index contributed by atoms with van der Waals surface area (Å²) in [6.45, 7) is 0. The third-order valence-electron chi connectivity index (χ3n) is 4.17. The van der Waals surface area contributed by atoms with E-state index in [1.807, 2.05) is 12.1 Å². The highest BCUT2D eigenvalue weighted by Gasteiger charge is 2.16. The number of aromatic nitrogens is 4. The highest BCUT2D eigenvalue weighted by Crippen LogP contribution is 2.25. The molecule has 27 heavy (non-hydrogen) atoms. The third-order valence-corrected chi connectivity index (χ3v) is 5.84. The van der Waals surface area contributed by atoms with Gasteiger partial charge in [-0.25, -0.2) is 0 Å². The van der Waals surface area contributed by atoms with Crippen molar-refractivity contribution >= 4 is 57.4 Å². The van der Waals surface area contributed by atoms with Crippen LogP contribution in [-0.4, -0.2) is 30.7 Å². The van der Waals surface area contributed by atoms with E-state index in [9.17, 15) is 9.59 Å². The van der Waals surface area contributed by atoms with Crippen molar-refractivity contribution in [3.63, 3.8) is 0 Å². The van der Waals surface area contributed by atoms with Crippen LogP contribution in [0, 0.1) is 0 Å². The van der Waals surface area contributed by atoms with E-state index >= 15 is 0 Å². The van der Waals surface area contributed by atoms with Crippen molar-refractivity contribution in [2.45, 2.75) is 5.16 Å². The lowest BCUT2D eigenvalue weighted by molar-refractivity contribution is 0.102. The monoisotopic (exact) mass is 418 g/mol. The number of ketones is 1. The molecule has 0 amide bonds. The largest absolute Gasteiger partial charge is 0.293 e. The molecule has 0 aliphatic carbocycles. The van der Waals surface area contributed by atoms with Gasteiger partial charge in [0, 0.05) is 12.6 Å². The molecule has 4 aromatic rings. The van der Waals surface area contributed by atoms with Gasteiger partial charge in [-0.15, -0.1) is 10.2 Å². The molecule has 0 aliphatic heterocycles. The van der Waals surface area contributed by atoms with Gasteiger partial charge in [-0.05, 0) is 30.3 Å². The Hall–Kier alpha value is -2.35. The number of nitrogens with zero attached hydrogens (tertiary/aromatic N) is 4. The predicted octanol–water partition coefficient (Wildman–Crippen LogP) is 3.86. The SMILES string of the molecule is Cn1c(=O)c2ccccc2n2c(SCC(=O)c3ccc(Cl)c(Cl)c3)nnc12. The summed E-state index contributed by atoms with van der Waals surface area (Å²) in [5, 5.41) is 10.1. The summed E-state index contributed by atoms with van der Waals surface area (Å²) in [5.74, 6) is 0.461. The zero-order chi connectivity index (χ0) is 19.1. The third kappa shape index (κ3) is 3.12. The van der Waals surface area contributed by atoms with Crippen LogP contribution in [0.1, 0.15) is 10.4 Å². The second kappa shape index (κ2) is 6.99. The topological polar surface area (TPSA) is 69.3 Å². The summed E-state index contributed by atoms with van der Waals surface area (Å²) >= 11 is 13.1. The van der Waals surface area contributed by atoms with Crippen LogP contribution in [0.5, 0.6) is 0 Å². The van der Waals surface area contributed by atoms with E-state index in [2.05, 4.69) is 10.2 Å². The molecule has 0 radical (unpaired) electrons. The summed E-state index contributed by atoms with van der Waals surface area (Å²) < 4.78 is 3.23. The molecule has 136 valence electrons. The van der Waals surface area contributed by atoms with E-state index in [0.717, 1.165) is 0 Å². The van der Waals surface area contributed by atoms with Gasteiger partial charge in [-0.3, -0.25) is 18.6 Å². The molecular weight excluding hydrogens is 407 g/mol. The maximum Gasteiger partial charge on any atom is 0.262 e. The number of hydrogen-bond donors (Lipinski definition) is 0. The molecule has 0 spiro atoms. The minimum atomic E-state index is -0.145. The van der Waals surface area contributed by atoms with Crippen LogP contribution in [0.4, 0.5) is 0 Å². The number of carbonyl (C=O) groups is 1. The van der Waals surface area contributed by atoms with Gasteiger partial charge in [-0.2, -0.15) is 0 Å². The number of para-hydroxylation sites is 1. The maximum atomic E-state index is 12.5. The van der Waals surface area contributed by atoms with Gasteiger partial charge >= 0.3 is 0 Å². The molecule has 0 saturated heterocycles. The van der Waals surface area contributed by atoms with Gasteiger partial charge in [-0.1, -0.05) is 47.1 Å². The Balaban J connectivity index is 1.72. The molecule has 0 bridgehead atoms. The normalized spacial score (nSPS) is 11.4. The molecule has 6 nitrogen and oxygen atoms in total. The Bertz CT molecular complexity index is 1270. The van der Waals surface area contributed by atoms with Crippen LogP contribution >= 0.6 is 35.0 Å². The summed E-state index contributed by atoms with van der Waals surface area (Å²) in [6.07, 6.45) is 0. The number of rotatable bonds is 4. The molecule has 0 fully saturated rings. The molecule has 2 aromatic carbocycles. The fourth-order valence-electron chi connectivity index (χ4n) is 2.79. The molecular formula is C18H12Cl2N4O2S. The van der Waals surface area contributed by atoms with E-state index in [-0.39, 0.29) is 17.1 Å². The van der Waals surface area contributed by atoms with Crippen LogP contribution in [0.25, 0.3) is 16.7 Å². The number of Topliss-reactive ketones (excluding diaryl/α,β-unsaturated/α-hetero) is 1. The van der Waals surface area contributed by atoms with Gasteiger partial charge in [0.25, 0.3) is 5.56 Å². The molecule has 0 N–H and O–H groups in total. The summed E-state index contributed by atoms with van der Waals surface area (Å²) in [5.41, 5.74) is 1.03. The second-order valence-electron chi connectivity index (χ2n) is 5.84. The molecule has 9 heteroatoms. The fraction of sp³-hybridized carbons (Fsp3) is 0.111. The van der Waals surface area contributed by atoms with Gasteiger partial charge in [0.1, 0.15) is 0 Å². The van der Waals surface area contributed by atoms with Gasteiger partial charge in [0.15, 0.2) is 10.9 Å². The van der Waals surface area contributed by atoms with Crippen LogP contribution in [0.15, 0.2) is 52.4 Å². The van der Waals surface area contributed by atoms with Crippen molar-refractivity contribution < 1.29 is 4.79 Å². The Morgan fingerprint density at radius 3 is 2.67 bits per heavy atom. The van der Waals surface area contributed by atoms with Crippen molar-refractivity contribution in [1.82, 2.24) is 19.2 Å². The minimum absolute atomic E-state index is 0.107. The number of thioether (sulfide) groups is 1. The highest BCUT2D eigenvalue weighted by atomic mass is 35.5.